The van der Waals surface area contributed by atoms with E-state index in [1.807, 2.05) is 54.1 Å². The molecule has 2 aromatic carbocycles. The number of sulfonamides is 1. The van der Waals surface area contributed by atoms with E-state index >= 15 is 0 Å². The molecule has 158 valence electrons. The van der Waals surface area contributed by atoms with Crippen LogP contribution in [0, 0.1) is 6.92 Å². The SMILES string of the molecule is Cc1nccn1-c1cc(N2CCN(S(=O)(=O)c3ccc4ccccc4c3)CC2)ncn1. The number of fused-ring (bicyclic) bond motifs is 1. The van der Waals surface area contributed by atoms with Crippen LogP contribution >= 0.6 is 0 Å². The Morgan fingerprint density at radius 3 is 2.32 bits per heavy atom. The van der Waals surface area contributed by atoms with E-state index in [-0.39, 0.29) is 0 Å². The Hall–Kier alpha value is -3.30. The van der Waals surface area contributed by atoms with E-state index in [2.05, 4.69) is 19.9 Å². The van der Waals surface area contributed by atoms with Crippen molar-refractivity contribution in [2.75, 3.05) is 31.1 Å². The topological polar surface area (TPSA) is 84.2 Å². The Morgan fingerprint density at radius 1 is 0.839 bits per heavy atom. The fourth-order valence-corrected chi connectivity index (χ4v) is 5.35. The number of rotatable bonds is 4. The molecule has 4 aromatic rings. The van der Waals surface area contributed by atoms with Crippen LogP contribution < -0.4 is 4.90 Å². The molecule has 3 heterocycles. The number of hydrogen-bond acceptors (Lipinski definition) is 6. The lowest BCUT2D eigenvalue weighted by Crippen LogP contribution is -2.48. The van der Waals surface area contributed by atoms with Gasteiger partial charge in [-0.25, -0.2) is 23.4 Å². The van der Waals surface area contributed by atoms with E-state index in [1.165, 1.54) is 6.33 Å². The van der Waals surface area contributed by atoms with Crippen LogP contribution in [0.4, 0.5) is 5.82 Å². The number of benzene rings is 2. The minimum atomic E-state index is -3.55. The van der Waals surface area contributed by atoms with Crippen molar-refractivity contribution in [1.82, 2.24) is 23.8 Å². The van der Waals surface area contributed by atoms with Crippen LogP contribution in [-0.4, -0.2) is 58.4 Å². The summed E-state index contributed by atoms with van der Waals surface area (Å²) >= 11 is 0. The Bertz CT molecular complexity index is 1340. The number of anilines is 1. The number of aromatic nitrogens is 4. The van der Waals surface area contributed by atoms with Gasteiger partial charge in [0.15, 0.2) is 0 Å². The first-order valence-electron chi connectivity index (χ1n) is 10.1. The van der Waals surface area contributed by atoms with Gasteiger partial charge in [0, 0.05) is 44.6 Å². The molecule has 1 saturated heterocycles. The van der Waals surface area contributed by atoms with Gasteiger partial charge in [-0.3, -0.25) is 4.57 Å². The first-order valence-corrected chi connectivity index (χ1v) is 11.5. The van der Waals surface area contributed by atoms with Crippen molar-refractivity contribution in [3.05, 3.63) is 73.1 Å². The summed E-state index contributed by atoms with van der Waals surface area (Å²) in [6.45, 7) is 3.84. The molecule has 0 saturated carbocycles. The van der Waals surface area contributed by atoms with Gasteiger partial charge >= 0.3 is 0 Å². The van der Waals surface area contributed by atoms with Crippen LogP contribution in [0.5, 0.6) is 0 Å². The predicted molar refractivity (Wildman–Crippen MR) is 119 cm³/mol. The highest BCUT2D eigenvalue weighted by Crippen LogP contribution is 2.24. The number of hydrogen-bond donors (Lipinski definition) is 0. The van der Waals surface area contributed by atoms with E-state index < -0.39 is 10.0 Å². The van der Waals surface area contributed by atoms with Crippen LogP contribution in [0.3, 0.4) is 0 Å². The standard InChI is InChI=1S/C22H22N6O2S/c1-17-23-8-9-28(17)22-15-21(24-16-25-22)26-10-12-27(13-11-26)31(29,30)20-7-6-18-4-2-3-5-19(18)14-20/h2-9,14-16H,10-13H2,1H3. The van der Waals surface area contributed by atoms with Gasteiger partial charge in [-0.15, -0.1) is 0 Å². The average molecular weight is 435 g/mol. The van der Waals surface area contributed by atoms with E-state index in [0.29, 0.717) is 31.1 Å². The fraction of sp³-hybridized carbons (Fsp3) is 0.227. The van der Waals surface area contributed by atoms with Crippen molar-refractivity contribution >= 4 is 26.6 Å². The zero-order valence-electron chi connectivity index (χ0n) is 17.1. The second kappa shape index (κ2) is 7.75. The molecule has 31 heavy (non-hydrogen) atoms. The van der Waals surface area contributed by atoms with Crippen LogP contribution in [-0.2, 0) is 10.0 Å². The Balaban J connectivity index is 1.33. The lowest BCUT2D eigenvalue weighted by Gasteiger charge is -2.34. The van der Waals surface area contributed by atoms with Crippen molar-refractivity contribution in [2.24, 2.45) is 0 Å². The number of nitrogens with zero attached hydrogens (tertiary/aromatic N) is 6. The van der Waals surface area contributed by atoms with Crippen molar-refractivity contribution in [3.63, 3.8) is 0 Å². The summed E-state index contributed by atoms with van der Waals surface area (Å²) in [5.74, 6) is 2.36. The lowest BCUT2D eigenvalue weighted by atomic mass is 10.1. The maximum atomic E-state index is 13.2. The molecule has 0 atom stereocenters. The minimum Gasteiger partial charge on any atom is -0.354 e. The van der Waals surface area contributed by atoms with E-state index in [1.54, 1.807) is 22.6 Å². The van der Waals surface area contributed by atoms with Gasteiger partial charge in [0.25, 0.3) is 0 Å². The normalized spacial score (nSPS) is 15.5. The van der Waals surface area contributed by atoms with Crippen LogP contribution in [0.1, 0.15) is 5.82 Å². The van der Waals surface area contributed by atoms with E-state index in [9.17, 15) is 8.42 Å². The molecule has 0 N–H and O–H groups in total. The largest absolute Gasteiger partial charge is 0.354 e. The Labute approximate surface area is 180 Å². The third-order valence-electron chi connectivity index (χ3n) is 5.63. The summed E-state index contributed by atoms with van der Waals surface area (Å²) in [7, 11) is -3.55. The van der Waals surface area contributed by atoms with Crippen molar-refractivity contribution in [1.29, 1.82) is 0 Å². The second-order valence-corrected chi connectivity index (χ2v) is 9.42. The third-order valence-corrected chi connectivity index (χ3v) is 7.53. The quantitative estimate of drug-likeness (QED) is 0.491. The molecule has 1 aliphatic heterocycles. The molecule has 0 bridgehead atoms. The molecule has 8 nitrogen and oxygen atoms in total. The summed E-state index contributed by atoms with van der Waals surface area (Å²) in [4.78, 5) is 15.4. The summed E-state index contributed by atoms with van der Waals surface area (Å²) in [6, 6.07) is 15.0. The lowest BCUT2D eigenvalue weighted by molar-refractivity contribution is 0.384. The van der Waals surface area contributed by atoms with Crippen LogP contribution in [0.2, 0.25) is 0 Å². The van der Waals surface area contributed by atoms with Gasteiger partial charge in [0.1, 0.15) is 23.8 Å². The van der Waals surface area contributed by atoms with Crippen LogP contribution in [0.15, 0.2) is 72.1 Å². The zero-order chi connectivity index (χ0) is 21.4. The molecule has 1 fully saturated rings. The molecule has 5 rings (SSSR count). The number of piperazine rings is 1. The molecular weight excluding hydrogens is 412 g/mol. The minimum absolute atomic E-state index is 0.333. The van der Waals surface area contributed by atoms with Crippen LogP contribution in [0.25, 0.3) is 16.6 Å². The molecule has 1 aliphatic rings. The highest BCUT2D eigenvalue weighted by atomic mass is 32.2. The van der Waals surface area contributed by atoms with Gasteiger partial charge in [-0.1, -0.05) is 30.3 Å². The maximum Gasteiger partial charge on any atom is 0.243 e. The van der Waals surface area contributed by atoms with Crippen molar-refractivity contribution in [2.45, 2.75) is 11.8 Å². The number of imidazole rings is 1. The summed E-state index contributed by atoms with van der Waals surface area (Å²) in [5.41, 5.74) is 0. The first kappa shape index (κ1) is 19.7. The zero-order valence-corrected chi connectivity index (χ0v) is 17.9. The monoisotopic (exact) mass is 434 g/mol. The summed E-state index contributed by atoms with van der Waals surface area (Å²) in [5, 5.41) is 1.95. The molecule has 0 spiro atoms. The van der Waals surface area contributed by atoms with Gasteiger partial charge < -0.3 is 4.90 Å². The molecule has 9 heteroatoms. The summed E-state index contributed by atoms with van der Waals surface area (Å²) < 4.78 is 29.8. The van der Waals surface area contributed by atoms with Gasteiger partial charge in [-0.2, -0.15) is 4.31 Å². The number of aryl methyl sites for hydroxylation is 1. The molecule has 0 radical (unpaired) electrons. The third kappa shape index (κ3) is 3.66. The highest BCUT2D eigenvalue weighted by Gasteiger charge is 2.29. The predicted octanol–water partition coefficient (Wildman–Crippen LogP) is 2.63. The van der Waals surface area contributed by atoms with Crippen molar-refractivity contribution < 1.29 is 8.42 Å². The highest BCUT2D eigenvalue weighted by molar-refractivity contribution is 7.89. The molecule has 0 unspecified atom stereocenters. The molecule has 0 aliphatic carbocycles. The first-order chi connectivity index (χ1) is 15.0. The van der Waals surface area contributed by atoms with E-state index in [0.717, 1.165) is 28.2 Å². The molecule has 2 aromatic heterocycles. The molecule has 0 amide bonds. The Morgan fingerprint density at radius 2 is 1.58 bits per heavy atom. The molecular formula is C22H22N6O2S. The van der Waals surface area contributed by atoms with Gasteiger partial charge in [0.2, 0.25) is 10.0 Å². The van der Waals surface area contributed by atoms with Crippen molar-refractivity contribution in [3.8, 4) is 5.82 Å². The van der Waals surface area contributed by atoms with Gasteiger partial charge in [0.05, 0.1) is 4.90 Å². The fourth-order valence-electron chi connectivity index (χ4n) is 3.90. The smallest absolute Gasteiger partial charge is 0.243 e. The van der Waals surface area contributed by atoms with Gasteiger partial charge in [-0.05, 0) is 29.8 Å². The van der Waals surface area contributed by atoms with E-state index in [4.69, 9.17) is 0 Å². The second-order valence-electron chi connectivity index (χ2n) is 7.48. The summed E-state index contributed by atoms with van der Waals surface area (Å²) in [6.07, 6.45) is 5.12. The average Bonchev–Trinajstić information content (AvgIpc) is 3.25. The Kier molecular flexibility index (Phi) is 4.91. The maximum absolute atomic E-state index is 13.2.